The minimum Gasteiger partial charge on any atom is -0.380 e. The van der Waals surface area contributed by atoms with Gasteiger partial charge in [-0.05, 0) is 20.4 Å². The molecule has 0 aromatic rings. The lowest BCUT2D eigenvalue weighted by Crippen LogP contribution is -2.29. The van der Waals surface area contributed by atoms with Gasteiger partial charge in [-0.3, -0.25) is 4.90 Å². The lowest BCUT2D eigenvalue weighted by molar-refractivity contribution is 0.0934. The average Bonchev–Trinajstić information content (AvgIpc) is 2.43. The van der Waals surface area contributed by atoms with E-state index < -0.39 is 0 Å². The number of likely N-dealkylation sites (tertiary alicyclic amines) is 1. The van der Waals surface area contributed by atoms with Crippen LogP contribution in [0.3, 0.4) is 0 Å². The lowest BCUT2D eigenvalue weighted by atomic mass is 10.2. The van der Waals surface area contributed by atoms with Crippen LogP contribution in [0.5, 0.6) is 0 Å². The number of rotatable bonds is 4. The maximum Gasteiger partial charge on any atom is 0.0714 e. The number of likely N-dealkylation sites (N-methyl/N-ethyl adjacent to an activating group) is 1. The molecule has 72 valence electrons. The van der Waals surface area contributed by atoms with Crippen LogP contribution in [0.1, 0.15) is 13.3 Å². The Labute approximate surface area is 74.6 Å². The Balaban J connectivity index is 2.25. The van der Waals surface area contributed by atoms with Crippen LogP contribution in [0.2, 0.25) is 0 Å². The van der Waals surface area contributed by atoms with E-state index in [0.29, 0.717) is 12.1 Å². The van der Waals surface area contributed by atoms with Crippen LogP contribution in [0.15, 0.2) is 0 Å². The van der Waals surface area contributed by atoms with Gasteiger partial charge in [-0.1, -0.05) is 0 Å². The monoisotopic (exact) mass is 173 g/mol. The summed E-state index contributed by atoms with van der Waals surface area (Å²) in [7, 11) is 3.91. The van der Waals surface area contributed by atoms with Gasteiger partial charge in [-0.15, -0.1) is 0 Å². The van der Waals surface area contributed by atoms with Gasteiger partial charge in [0.05, 0.1) is 12.7 Å². The molecule has 3 heteroatoms. The third-order valence-electron chi connectivity index (χ3n) is 2.50. The molecule has 12 heavy (non-hydrogen) atoms. The summed E-state index contributed by atoms with van der Waals surface area (Å²) in [5, 5.41) is 0. The molecule has 0 bridgehead atoms. The Morgan fingerprint density at radius 3 is 2.75 bits per heavy atom. The van der Waals surface area contributed by atoms with Gasteiger partial charge in [0.1, 0.15) is 0 Å². The molecule has 1 fully saturated rings. The molecule has 0 N–H and O–H groups in total. The van der Waals surface area contributed by atoms with Crippen LogP contribution in [0, 0.1) is 0 Å². The summed E-state index contributed by atoms with van der Waals surface area (Å²) < 4.78 is 10.7. The molecule has 0 radical (unpaired) electrons. The van der Waals surface area contributed by atoms with E-state index in [-0.39, 0.29) is 0 Å². The predicted molar refractivity (Wildman–Crippen MR) is 48.3 cm³/mol. The largest absolute Gasteiger partial charge is 0.380 e. The minimum atomic E-state index is 0.403. The summed E-state index contributed by atoms with van der Waals surface area (Å²) in [5.74, 6) is 0. The molecule has 1 heterocycles. The molecule has 0 spiro atoms. The van der Waals surface area contributed by atoms with Gasteiger partial charge in [0, 0.05) is 26.3 Å². The highest BCUT2D eigenvalue weighted by molar-refractivity contribution is 4.83. The molecule has 0 saturated carbocycles. The first kappa shape index (κ1) is 9.96. The summed E-state index contributed by atoms with van der Waals surface area (Å²) in [5.41, 5.74) is 0. The van der Waals surface area contributed by atoms with Gasteiger partial charge in [-0.25, -0.2) is 0 Å². The number of methoxy groups -OCH3 is 1. The van der Waals surface area contributed by atoms with Gasteiger partial charge in [0.2, 0.25) is 0 Å². The fourth-order valence-corrected chi connectivity index (χ4v) is 1.65. The molecule has 0 amide bonds. The molecule has 1 rings (SSSR count). The fraction of sp³-hybridized carbons (Fsp3) is 1.00. The van der Waals surface area contributed by atoms with Crippen LogP contribution >= 0.6 is 0 Å². The van der Waals surface area contributed by atoms with E-state index in [1.165, 1.54) is 0 Å². The first-order chi connectivity index (χ1) is 5.77. The SMILES string of the molecule is CCOCC1CC(OC)CN1C. The Bertz CT molecular complexity index is 130. The summed E-state index contributed by atoms with van der Waals surface area (Å²) in [4.78, 5) is 2.31. The molecule has 1 saturated heterocycles. The second-order valence-corrected chi connectivity index (χ2v) is 3.35. The molecule has 1 aliphatic rings. The van der Waals surface area contributed by atoms with Crippen molar-refractivity contribution >= 4 is 0 Å². The number of ether oxygens (including phenoxy) is 2. The Hall–Kier alpha value is -0.120. The molecule has 2 unspecified atom stereocenters. The van der Waals surface area contributed by atoms with Crippen LogP contribution < -0.4 is 0 Å². The average molecular weight is 173 g/mol. The zero-order valence-corrected chi connectivity index (χ0v) is 8.25. The van der Waals surface area contributed by atoms with Crippen LogP contribution in [-0.4, -0.2) is 51.0 Å². The quantitative estimate of drug-likeness (QED) is 0.626. The Morgan fingerprint density at radius 2 is 2.25 bits per heavy atom. The second-order valence-electron chi connectivity index (χ2n) is 3.35. The van der Waals surface area contributed by atoms with Gasteiger partial charge >= 0.3 is 0 Å². The summed E-state index contributed by atoms with van der Waals surface area (Å²) in [6.07, 6.45) is 1.51. The third kappa shape index (κ3) is 2.44. The third-order valence-corrected chi connectivity index (χ3v) is 2.50. The van der Waals surface area contributed by atoms with E-state index in [0.717, 1.165) is 26.2 Å². The molecule has 0 aromatic carbocycles. The molecule has 3 nitrogen and oxygen atoms in total. The van der Waals surface area contributed by atoms with Gasteiger partial charge in [0.15, 0.2) is 0 Å². The lowest BCUT2D eigenvalue weighted by Gasteiger charge is -2.17. The van der Waals surface area contributed by atoms with Gasteiger partial charge in [-0.2, -0.15) is 0 Å². The standard InChI is InChI=1S/C9H19NO2/c1-4-12-7-8-5-9(11-3)6-10(8)2/h8-9H,4-7H2,1-3H3. The van der Waals surface area contributed by atoms with E-state index in [1.54, 1.807) is 7.11 Å². The van der Waals surface area contributed by atoms with E-state index >= 15 is 0 Å². The zero-order valence-electron chi connectivity index (χ0n) is 8.25. The molecular weight excluding hydrogens is 154 g/mol. The Morgan fingerprint density at radius 1 is 1.50 bits per heavy atom. The maximum atomic E-state index is 5.38. The topological polar surface area (TPSA) is 21.7 Å². The highest BCUT2D eigenvalue weighted by Gasteiger charge is 2.28. The predicted octanol–water partition coefficient (Wildman–Crippen LogP) is 0.742. The number of hydrogen-bond acceptors (Lipinski definition) is 3. The summed E-state index contributed by atoms with van der Waals surface area (Å²) in [6, 6.07) is 0.551. The first-order valence-corrected chi connectivity index (χ1v) is 4.58. The van der Waals surface area contributed by atoms with Crippen molar-refractivity contribution in [1.82, 2.24) is 4.90 Å². The number of hydrogen-bond donors (Lipinski definition) is 0. The van der Waals surface area contributed by atoms with Crippen molar-refractivity contribution in [3.05, 3.63) is 0 Å². The molecule has 2 atom stereocenters. The van der Waals surface area contributed by atoms with Crippen LogP contribution in [0.25, 0.3) is 0 Å². The Kier molecular flexibility index (Phi) is 3.98. The van der Waals surface area contributed by atoms with Gasteiger partial charge < -0.3 is 9.47 Å². The van der Waals surface area contributed by atoms with Crippen molar-refractivity contribution in [2.24, 2.45) is 0 Å². The van der Waals surface area contributed by atoms with Crippen LogP contribution in [0.4, 0.5) is 0 Å². The molecular formula is C9H19NO2. The summed E-state index contributed by atoms with van der Waals surface area (Å²) in [6.45, 7) is 4.71. The van der Waals surface area contributed by atoms with E-state index in [9.17, 15) is 0 Å². The van der Waals surface area contributed by atoms with Crippen molar-refractivity contribution in [3.63, 3.8) is 0 Å². The van der Waals surface area contributed by atoms with Crippen molar-refractivity contribution in [2.75, 3.05) is 33.9 Å². The molecule has 0 aromatic heterocycles. The second kappa shape index (κ2) is 4.80. The molecule has 1 aliphatic heterocycles. The number of nitrogens with zero attached hydrogens (tertiary/aromatic N) is 1. The van der Waals surface area contributed by atoms with Crippen molar-refractivity contribution < 1.29 is 9.47 Å². The van der Waals surface area contributed by atoms with E-state index in [2.05, 4.69) is 11.9 Å². The van der Waals surface area contributed by atoms with E-state index in [4.69, 9.17) is 9.47 Å². The minimum absolute atomic E-state index is 0.403. The van der Waals surface area contributed by atoms with Crippen molar-refractivity contribution in [3.8, 4) is 0 Å². The highest BCUT2D eigenvalue weighted by atomic mass is 16.5. The zero-order chi connectivity index (χ0) is 8.97. The molecule has 0 aliphatic carbocycles. The summed E-state index contributed by atoms with van der Waals surface area (Å²) >= 11 is 0. The van der Waals surface area contributed by atoms with Crippen molar-refractivity contribution in [1.29, 1.82) is 0 Å². The van der Waals surface area contributed by atoms with E-state index in [1.807, 2.05) is 6.92 Å². The normalized spacial score (nSPS) is 31.2. The maximum absolute atomic E-state index is 5.38. The van der Waals surface area contributed by atoms with Gasteiger partial charge in [0.25, 0.3) is 0 Å². The first-order valence-electron chi connectivity index (χ1n) is 4.58. The van der Waals surface area contributed by atoms with Crippen molar-refractivity contribution in [2.45, 2.75) is 25.5 Å². The highest BCUT2D eigenvalue weighted by Crippen LogP contribution is 2.17. The fourth-order valence-electron chi connectivity index (χ4n) is 1.65. The smallest absolute Gasteiger partial charge is 0.0714 e. The van der Waals surface area contributed by atoms with Crippen LogP contribution in [-0.2, 0) is 9.47 Å².